The molecule has 1 aromatic heterocycles. The molecule has 4 N–H and O–H groups in total. The number of amides is 2. The van der Waals surface area contributed by atoms with Gasteiger partial charge in [-0.1, -0.05) is 12.1 Å². The van der Waals surface area contributed by atoms with E-state index < -0.39 is 0 Å². The van der Waals surface area contributed by atoms with Crippen LogP contribution in [0.5, 0.6) is 0 Å². The lowest BCUT2D eigenvalue weighted by Crippen LogP contribution is -2.40. The molecular formula is C29H34N8O2. The average molecular weight is 527 g/mol. The van der Waals surface area contributed by atoms with Gasteiger partial charge < -0.3 is 21.3 Å². The average Bonchev–Trinajstić information content (AvgIpc) is 3.90. The molecule has 1 saturated heterocycles. The first kappa shape index (κ1) is 26.4. The molecule has 2 saturated carbocycles. The minimum absolute atomic E-state index is 0.143. The van der Waals surface area contributed by atoms with Crippen molar-refractivity contribution >= 4 is 24.0 Å². The zero-order chi connectivity index (χ0) is 27.4. The smallest absolute Gasteiger partial charge is 0.251 e. The van der Waals surface area contributed by atoms with Crippen molar-refractivity contribution in [2.45, 2.75) is 51.5 Å². The molecular weight excluding hydrogens is 492 g/mol. The minimum atomic E-state index is -0.383. The Morgan fingerprint density at radius 2 is 1.92 bits per heavy atom. The SMILES string of the molecule is Cc1cnc(NC(C=NC2CCN(C(=O)C3CC3)CC2)=CN)nc1-c1ccc(C(=O)NCC2(C#N)CC2)cc1. The fourth-order valence-corrected chi connectivity index (χ4v) is 4.66. The number of carbonyl (C=O) groups excluding carboxylic acids is 2. The van der Waals surface area contributed by atoms with E-state index in [1.807, 2.05) is 24.0 Å². The van der Waals surface area contributed by atoms with Crippen LogP contribution in [-0.4, -0.2) is 58.6 Å². The van der Waals surface area contributed by atoms with E-state index in [9.17, 15) is 14.9 Å². The molecule has 2 aromatic rings. The van der Waals surface area contributed by atoms with Crippen LogP contribution >= 0.6 is 0 Å². The molecule has 10 heteroatoms. The van der Waals surface area contributed by atoms with Crippen molar-refractivity contribution in [2.75, 3.05) is 25.0 Å². The zero-order valence-corrected chi connectivity index (χ0v) is 22.2. The van der Waals surface area contributed by atoms with Gasteiger partial charge in [-0.15, -0.1) is 0 Å². The topological polar surface area (TPSA) is 149 Å². The van der Waals surface area contributed by atoms with Gasteiger partial charge >= 0.3 is 0 Å². The third-order valence-electron chi connectivity index (χ3n) is 7.63. The molecule has 2 aliphatic carbocycles. The van der Waals surface area contributed by atoms with E-state index in [0.717, 1.165) is 68.4 Å². The van der Waals surface area contributed by atoms with Gasteiger partial charge in [0.2, 0.25) is 11.9 Å². The maximum absolute atomic E-state index is 12.5. The third kappa shape index (κ3) is 6.42. The summed E-state index contributed by atoms with van der Waals surface area (Å²) in [7, 11) is 0. The van der Waals surface area contributed by atoms with Crippen molar-refractivity contribution in [1.29, 1.82) is 5.26 Å². The predicted molar refractivity (Wildman–Crippen MR) is 149 cm³/mol. The molecule has 1 aromatic carbocycles. The Bertz CT molecular complexity index is 1330. The van der Waals surface area contributed by atoms with E-state index in [4.69, 9.17) is 5.73 Å². The van der Waals surface area contributed by atoms with E-state index in [1.54, 1.807) is 24.5 Å². The summed E-state index contributed by atoms with van der Waals surface area (Å²) in [6.07, 6.45) is 10.3. The quantitative estimate of drug-likeness (QED) is 0.425. The summed E-state index contributed by atoms with van der Waals surface area (Å²) < 4.78 is 0. The second-order valence-corrected chi connectivity index (χ2v) is 10.7. The Labute approximate surface area is 228 Å². The Kier molecular flexibility index (Phi) is 7.59. The van der Waals surface area contributed by atoms with Gasteiger partial charge in [0.1, 0.15) is 0 Å². The van der Waals surface area contributed by atoms with Crippen molar-refractivity contribution < 1.29 is 9.59 Å². The second-order valence-electron chi connectivity index (χ2n) is 10.7. The summed E-state index contributed by atoms with van der Waals surface area (Å²) >= 11 is 0. The summed E-state index contributed by atoms with van der Waals surface area (Å²) in [5.74, 6) is 0.750. The lowest BCUT2D eigenvalue weighted by atomic mass is 10.1. The number of anilines is 1. The van der Waals surface area contributed by atoms with E-state index in [0.29, 0.717) is 29.7 Å². The Morgan fingerprint density at radius 1 is 1.21 bits per heavy atom. The molecule has 5 rings (SSSR count). The van der Waals surface area contributed by atoms with Gasteiger partial charge in [-0.2, -0.15) is 5.26 Å². The number of aromatic nitrogens is 2. The highest BCUT2D eigenvalue weighted by molar-refractivity contribution is 5.94. The van der Waals surface area contributed by atoms with E-state index in [2.05, 4.69) is 31.7 Å². The number of piperidine rings is 1. The van der Waals surface area contributed by atoms with Crippen molar-refractivity contribution in [2.24, 2.45) is 22.1 Å². The second kappa shape index (κ2) is 11.2. The third-order valence-corrected chi connectivity index (χ3v) is 7.63. The van der Waals surface area contributed by atoms with E-state index in [-0.39, 0.29) is 23.3 Å². The van der Waals surface area contributed by atoms with Crippen molar-refractivity contribution in [3.63, 3.8) is 0 Å². The minimum Gasteiger partial charge on any atom is -0.403 e. The standard InChI is InChI=1S/C29H34N8O2/c1-19-15-33-28(35-24(14-30)16-32-23-8-12-37(13-9-23)27(39)22-6-7-22)36-25(19)20-2-4-21(5-3-20)26(38)34-18-29(17-31)10-11-29/h2-5,14-16,22-23H,6-13,18,30H2,1H3,(H,34,38)(H,33,35,36). The fraction of sp³-hybridized carbons (Fsp3) is 0.448. The van der Waals surface area contributed by atoms with E-state index >= 15 is 0 Å². The maximum Gasteiger partial charge on any atom is 0.251 e. The number of aliphatic imine (C=N–C) groups is 1. The number of carbonyl (C=O) groups is 2. The molecule has 2 heterocycles. The van der Waals surface area contributed by atoms with Crippen LogP contribution in [0.2, 0.25) is 0 Å². The molecule has 202 valence electrons. The number of nitriles is 1. The van der Waals surface area contributed by atoms with Crippen molar-refractivity contribution in [3.8, 4) is 17.3 Å². The van der Waals surface area contributed by atoms with Crippen molar-refractivity contribution in [3.05, 3.63) is 53.5 Å². The number of allylic oxidation sites excluding steroid dienone is 1. The largest absolute Gasteiger partial charge is 0.403 e. The number of likely N-dealkylation sites (tertiary alicyclic amines) is 1. The highest BCUT2D eigenvalue weighted by atomic mass is 16.2. The molecule has 0 spiro atoms. The number of nitrogens with two attached hydrogens (primary N) is 1. The molecule has 0 unspecified atom stereocenters. The summed E-state index contributed by atoms with van der Waals surface area (Å²) in [5, 5.41) is 15.2. The first-order valence-electron chi connectivity index (χ1n) is 13.5. The summed E-state index contributed by atoms with van der Waals surface area (Å²) in [6, 6.07) is 9.65. The monoisotopic (exact) mass is 526 g/mol. The van der Waals surface area contributed by atoms with Crippen LogP contribution in [0.4, 0.5) is 5.95 Å². The highest BCUT2D eigenvalue weighted by Crippen LogP contribution is 2.44. The van der Waals surface area contributed by atoms with Crippen LogP contribution in [0.1, 0.15) is 54.4 Å². The Hall–Kier alpha value is -4.26. The van der Waals surface area contributed by atoms with Crippen LogP contribution in [-0.2, 0) is 4.79 Å². The van der Waals surface area contributed by atoms with E-state index in [1.165, 1.54) is 6.20 Å². The fourth-order valence-electron chi connectivity index (χ4n) is 4.66. The molecule has 3 fully saturated rings. The van der Waals surface area contributed by atoms with Crippen LogP contribution in [0.25, 0.3) is 11.3 Å². The number of rotatable bonds is 9. The number of hydrogen-bond donors (Lipinski definition) is 3. The molecule has 0 bridgehead atoms. The molecule has 39 heavy (non-hydrogen) atoms. The summed E-state index contributed by atoms with van der Waals surface area (Å²) in [5.41, 5.74) is 9.06. The van der Waals surface area contributed by atoms with Gasteiger partial charge in [-0.25, -0.2) is 9.97 Å². The number of hydrogen-bond acceptors (Lipinski definition) is 8. The van der Waals surface area contributed by atoms with Crippen LogP contribution < -0.4 is 16.4 Å². The highest BCUT2D eigenvalue weighted by Gasteiger charge is 2.43. The van der Waals surface area contributed by atoms with Gasteiger partial charge in [0.25, 0.3) is 5.91 Å². The number of benzene rings is 1. The summed E-state index contributed by atoms with van der Waals surface area (Å²) in [6.45, 7) is 3.80. The van der Waals surface area contributed by atoms with Gasteiger partial charge in [-0.05, 0) is 63.1 Å². The van der Waals surface area contributed by atoms with Crippen LogP contribution in [0, 0.1) is 29.6 Å². The molecule has 3 aliphatic rings. The van der Waals surface area contributed by atoms with Gasteiger partial charge in [0, 0.05) is 55.3 Å². The molecule has 0 radical (unpaired) electrons. The van der Waals surface area contributed by atoms with Crippen molar-refractivity contribution in [1.82, 2.24) is 20.2 Å². The number of aryl methyl sites for hydroxylation is 1. The number of nitrogens with zero attached hydrogens (tertiary/aromatic N) is 5. The summed E-state index contributed by atoms with van der Waals surface area (Å²) in [4.78, 5) is 40.5. The molecule has 10 nitrogen and oxygen atoms in total. The maximum atomic E-state index is 12.5. The van der Waals surface area contributed by atoms with Crippen LogP contribution in [0.3, 0.4) is 0 Å². The lowest BCUT2D eigenvalue weighted by Gasteiger charge is -2.30. The Balaban J connectivity index is 1.18. The van der Waals surface area contributed by atoms with Gasteiger partial charge in [0.15, 0.2) is 0 Å². The predicted octanol–water partition coefficient (Wildman–Crippen LogP) is 3.17. The Morgan fingerprint density at radius 3 is 2.54 bits per heavy atom. The molecule has 1 aliphatic heterocycles. The molecule has 2 amide bonds. The lowest BCUT2D eigenvalue weighted by molar-refractivity contribution is -0.133. The first-order chi connectivity index (χ1) is 18.9. The normalized spacial score (nSPS) is 19.0. The number of nitrogens with one attached hydrogen (secondary N) is 2. The van der Waals surface area contributed by atoms with Crippen LogP contribution in [0.15, 0.2) is 47.4 Å². The zero-order valence-electron chi connectivity index (χ0n) is 22.2. The van der Waals surface area contributed by atoms with Gasteiger partial charge in [-0.3, -0.25) is 14.6 Å². The van der Waals surface area contributed by atoms with Gasteiger partial charge in [0.05, 0.1) is 28.9 Å². The first-order valence-corrected chi connectivity index (χ1v) is 13.5. The molecule has 0 atom stereocenters.